The molecule has 0 aromatic heterocycles. The van der Waals surface area contributed by atoms with E-state index in [2.05, 4.69) is 11.8 Å². The van der Waals surface area contributed by atoms with Crippen LogP contribution in [0.15, 0.2) is 24.3 Å². The van der Waals surface area contributed by atoms with Crippen molar-refractivity contribution < 1.29 is 9.13 Å². The van der Waals surface area contributed by atoms with Gasteiger partial charge in [0, 0.05) is 25.4 Å². The summed E-state index contributed by atoms with van der Waals surface area (Å²) in [4.78, 5) is 2.22. The molecule has 1 aliphatic heterocycles. The number of ether oxygens (including phenoxy) is 1. The summed E-state index contributed by atoms with van der Waals surface area (Å²) >= 11 is 0. The predicted octanol–water partition coefficient (Wildman–Crippen LogP) is 1.77. The highest BCUT2D eigenvalue weighted by molar-refractivity contribution is 5.49. The van der Waals surface area contributed by atoms with Gasteiger partial charge in [0.1, 0.15) is 5.82 Å². The SMILES string of the molecule is CCN(c1ccc(F)cc1)C1(CN)CCOC1. The summed E-state index contributed by atoms with van der Waals surface area (Å²) in [5.41, 5.74) is 6.79. The molecule has 0 spiro atoms. The Bertz CT molecular complexity index is 360. The average molecular weight is 238 g/mol. The number of nitrogens with zero attached hydrogens (tertiary/aromatic N) is 1. The van der Waals surface area contributed by atoms with Crippen LogP contribution in [0.3, 0.4) is 0 Å². The lowest BCUT2D eigenvalue weighted by molar-refractivity contribution is 0.177. The molecular weight excluding hydrogens is 219 g/mol. The van der Waals surface area contributed by atoms with E-state index in [0.29, 0.717) is 13.2 Å². The quantitative estimate of drug-likeness (QED) is 0.868. The Labute approximate surface area is 101 Å². The number of anilines is 1. The number of rotatable bonds is 4. The molecule has 0 saturated carbocycles. The van der Waals surface area contributed by atoms with Gasteiger partial charge in [-0.1, -0.05) is 0 Å². The Hall–Kier alpha value is -1.13. The van der Waals surface area contributed by atoms with Gasteiger partial charge >= 0.3 is 0 Å². The first-order valence-corrected chi connectivity index (χ1v) is 6.03. The van der Waals surface area contributed by atoms with Crippen LogP contribution in [0.2, 0.25) is 0 Å². The summed E-state index contributed by atoms with van der Waals surface area (Å²) in [6.07, 6.45) is 0.925. The minimum absolute atomic E-state index is 0.132. The first kappa shape index (κ1) is 12.3. The van der Waals surface area contributed by atoms with Crippen LogP contribution >= 0.6 is 0 Å². The molecule has 0 radical (unpaired) electrons. The number of likely N-dealkylation sites (N-methyl/N-ethyl adjacent to an activating group) is 1. The van der Waals surface area contributed by atoms with Crippen LogP contribution in [0.25, 0.3) is 0 Å². The van der Waals surface area contributed by atoms with Crippen LogP contribution < -0.4 is 10.6 Å². The molecule has 2 rings (SSSR count). The van der Waals surface area contributed by atoms with E-state index in [9.17, 15) is 4.39 Å². The van der Waals surface area contributed by atoms with Crippen molar-refractivity contribution in [3.05, 3.63) is 30.1 Å². The van der Waals surface area contributed by atoms with Crippen molar-refractivity contribution in [1.82, 2.24) is 0 Å². The van der Waals surface area contributed by atoms with Crippen LogP contribution in [-0.2, 0) is 4.74 Å². The van der Waals surface area contributed by atoms with Gasteiger partial charge in [-0.2, -0.15) is 0 Å². The molecular formula is C13H19FN2O. The summed E-state index contributed by atoms with van der Waals surface area (Å²) in [7, 11) is 0. The molecule has 3 nitrogen and oxygen atoms in total. The lowest BCUT2D eigenvalue weighted by atomic mass is 9.95. The summed E-state index contributed by atoms with van der Waals surface area (Å²) in [5.74, 6) is -0.214. The molecule has 1 aliphatic rings. The van der Waals surface area contributed by atoms with E-state index in [4.69, 9.17) is 10.5 Å². The molecule has 94 valence electrons. The van der Waals surface area contributed by atoms with Gasteiger partial charge in [-0.25, -0.2) is 4.39 Å². The summed E-state index contributed by atoms with van der Waals surface area (Å²) in [6.45, 7) is 4.87. The second-order valence-corrected chi connectivity index (χ2v) is 4.45. The van der Waals surface area contributed by atoms with Gasteiger partial charge in [-0.05, 0) is 37.6 Å². The van der Waals surface area contributed by atoms with Gasteiger partial charge in [0.05, 0.1) is 12.1 Å². The summed E-state index contributed by atoms with van der Waals surface area (Å²) in [5, 5.41) is 0. The van der Waals surface area contributed by atoms with Crippen LogP contribution in [0.4, 0.5) is 10.1 Å². The topological polar surface area (TPSA) is 38.5 Å². The molecule has 1 aromatic rings. The molecule has 0 bridgehead atoms. The third-order valence-corrected chi connectivity index (χ3v) is 3.49. The zero-order valence-electron chi connectivity index (χ0n) is 10.2. The molecule has 0 aliphatic carbocycles. The van der Waals surface area contributed by atoms with Crippen LogP contribution in [-0.4, -0.2) is 31.8 Å². The molecule has 1 unspecified atom stereocenters. The van der Waals surface area contributed by atoms with E-state index in [0.717, 1.165) is 25.3 Å². The lowest BCUT2D eigenvalue weighted by Gasteiger charge is -2.40. The van der Waals surface area contributed by atoms with Gasteiger partial charge in [-0.15, -0.1) is 0 Å². The van der Waals surface area contributed by atoms with Gasteiger partial charge in [0.25, 0.3) is 0 Å². The Morgan fingerprint density at radius 3 is 2.59 bits per heavy atom. The number of hydrogen-bond acceptors (Lipinski definition) is 3. The normalized spacial score (nSPS) is 23.9. The monoisotopic (exact) mass is 238 g/mol. The Balaban J connectivity index is 2.28. The number of nitrogens with two attached hydrogens (primary N) is 1. The Morgan fingerprint density at radius 1 is 1.41 bits per heavy atom. The Kier molecular flexibility index (Phi) is 3.64. The fourth-order valence-electron chi connectivity index (χ4n) is 2.49. The highest BCUT2D eigenvalue weighted by Crippen LogP contribution is 2.30. The highest BCUT2D eigenvalue weighted by Gasteiger charge is 2.38. The number of benzene rings is 1. The fourth-order valence-corrected chi connectivity index (χ4v) is 2.49. The molecule has 1 saturated heterocycles. The average Bonchev–Trinajstić information content (AvgIpc) is 2.82. The molecule has 1 fully saturated rings. The highest BCUT2D eigenvalue weighted by atomic mass is 19.1. The Morgan fingerprint density at radius 2 is 2.12 bits per heavy atom. The summed E-state index contributed by atoms with van der Waals surface area (Å²) in [6, 6.07) is 6.57. The van der Waals surface area contributed by atoms with Crippen molar-refractivity contribution in [1.29, 1.82) is 0 Å². The van der Waals surface area contributed by atoms with Gasteiger partial charge in [0.15, 0.2) is 0 Å². The third-order valence-electron chi connectivity index (χ3n) is 3.49. The van der Waals surface area contributed by atoms with Crippen molar-refractivity contribution in [2.24, 2.45) is 5.73 Å². The van der Waals surface area contributed by atoms with Crippen molar-refractivity contribution in [3.63, 3.8) is 0 Å². The van der Waals surface area contributed by atoms with Crippen LogP contribution in [0.1, 0.15) is 13.3 Å². The molecule has 4 heteroatoms. The standard InChI is InChI=1S/C13H19FN2O/c1-2-16(12-5-3-11(14)4-6-12)13(9-15)7-8-17-10-13/h3-6H,2,7-10,15H2,1H3. The third kappa shape index (κ3) is 2.28. The van der Waals surface area contributed by atoms with E-state index >= 15 is 0 Å². The first-order chi connectivity index (χ1) is 8.22. The van der Waals surface area contributed by atoms with Crippen molar-refractivity contribution in [2.45, 2.75) is 18.9 Å². The largest absolute Gasteiger partial charge is 0.379 e. The molecule has 2 N–H and O–H groups in total. The number of halogens is 1. The molecule has 0 amide bonds. The smallest absolute Gasteiger partial charge is 0.123 e. The maximum absolute atomic E-state index is 12.9. The van der Waals surface area contributed by atoms with E-state index in [1.807, 2.05) is 0 Å². The minimum atomic E-state index is -0.214. The second-order valence-electron chi connectivity index (χ2n) is 4.45. The molecule has 1 heterocycles. The van der Waals surface area contributed by atoms with E-state index in [-0.39, 0.29) is 11.4 Å². The van der Waals surface area contributed by atoms with Gasteiger partial charge in [0.2, 0.25) is 0 Å². The molecule has 1 aromatic carbocycles. The fraction of sp³-hybridized carbons (Fsp3) is 0.538. The van der Waals surface area contributed by atoms with Gasteiger partial charge in [-0.3, -0.25) is 0 Å². The van der Waals surface area contributed by atoms with E-state index in [1.165, 1.54) is 12.1 Å². The maximum Gasteiger partial charge on any atom is 0.123 e. The van der Waals surface area contributed by atoms with Crippen molar-refractivity contribution >= 4 is 5.69 Å². The maximum atomic E-state index is 12.9. The van der Waals surface area contributed by atoms with E-state index < -0.39 is 0 Å². The summed E-state index contributed by atoms with van der Waals surface area (Å²) < 4.78 is 18.4. The lowest BCUT2D eigenvalue weighted by Crippen LogP contribution is -2.55. The number of hydrogen-bond donors (Lipinski definition) is 1. The zero-order chi connectivity index (χ0) is 12.3. The predicted molar refractivity (Wildman–Crippen MR) is 66.6 cm³/mol. The minimum Gasteiger partial charge on any atom is -0.379 e. The van der Waals surface area contributed by atoms with Crippen molar-refractivity contribution in [2.75, 3.05) is 31.2 Å². The molecule has 17 heavy (non-hydrogen) atoms. The van der Waals surface area contributed by atoms with Crippen molar-refractivity contribution in [3.8, 4) is 0 Å². The van der Waals surface area contributed by atoms with Crippen LogP contribution in [0.5, 0.6) is 0 Å². The second kappa shape index (κ2) is 5.02. The van der Waals surface area contributed by atoms with Gasteiger partial charge < -0.3 is 15.4 Å². The first-order valence-electron chi connectivity index (χ1n) is 6.03. The zero-order valence-corrected chi connectivity index (χ0v) is 10.2. The van der Waals surface area contributed by atoms with E-state index in [1.54, 1.807) is 12.1 Å². The van der Waals surface area contributed by atoms with Crippen LogP contribution in [0, 0.1) is 5.82 Å². The molecule has 1 atom stereocenters.